The number of hydrogen-bond acceptors (Lipinski definition) is 4. The van der Waals surface area contributed by atoms with Crippen molar-refractivity contribution in [2.24, 2.45) is 5.92 Å². The van der Waals surface area contributed by atoms with Gasteiger partial charge in [0.25, 0.3) is 11.8 Å². The lowest BCUT2D eigenvalue weighted by Gasteiger charge is -2.29. The predicted octanol–water partition coefficient (Wildman–Crippen LogP) is 4.63. The number of rotatable bonds is 9. The highest BCUT2D eigenvalue weighted by molar-refractivity contribution is 6.30. The molecule has 0 saturated heterocycles. The van der Waals surface area contributed by atoms with E-state index >= 15 is 0 Å². The van der Waals surface area contributed by atoms with Gasteiger partial charge in [-0.3, -0.25) is 9.59 Å². The summed E-state index contributed by atoms with van der Waals surface area (Å²) < 4.78 is 11.1. The summed E-state index contributed by atoms with van der Waals surface area (Å²) in [6.45, 7) is 2.30. The van der Waals surface area contributed by atoms with Crippen molar-refractivity contribution in [2.75, 3.05) is 13.2 Å². The van der Waals surface area contributed by atoms with Crippen molar-refractivity contribution in [3.05, 3.63) is 58.6 Å². The smallest absolute Gasteiger partial charge is 0.260 e. The van der Waals surface area contributed by atoms with Gasteiger partial charge in [-0.25, -0.2) is 0 Å². The molecule has 1 unspecified atom stereocenters. The Labute approximate surface area is 198 Å². The Hall–Kier alpha value is -2.44. The Morgan fingerprint density at radius 2 is 1.50 bits per heavy atom. The van der Waals surface area contributed by atoms with Crippen molar-refractivity contribution in [3.63, 3.8) is 0 Å². The number of carbonyl (C=O) groups is 2. The first kappa shape index (κ1) is 24.2. The number of benzene rings is 2. The Morgan fingerprint density at radius 1 is 0.938 bits per heavy atom. The minimum Gasteiger partial charge on any atom is -0.484 e. The number of carbonyl (C=O) groups excluding carboxylic acids is 2. The summed E-state index contributed by atoms with van der Waals surface area (Å²) in [6.07, 6.45) is 3.05. The molecule has 0 radical (unpaired) electrons. The van der Waals surface area contributed by atoms with Gasteiger partial charge in [-0.2, -0.15) is 0 Å². The van der Waals surface area contributed by atoms with E-state index in [0.717, 1.165) is 25.7 Å². The van der Waals surface area contributed by atoms with Crippen molar-refractivity contribution < 1.29 is 19.1 Å². The van der Waals surface area contributed by atoms with Gasteiger partial charge in [0.2, 0.25) is 0 Å². The minimum absolute atomic E-state index is 0.0247. The molecule has 8 heteroatoms. The largest absolute Gasteiger partial charge is 0.484 e. The summed E-state index contributed by atoms with van der Waals surface area (Å²) in [5, 5.41) is 7.25. The molecule has 1 aliphatic carbocycles. The molecular formula is C24H28Cl2N2O4. The van der Waals surface area contributed by atoms with Gasteiger partial charge in [-0.15, -0.1) is 0 Å². The second-order valence-corrected chi connectivity index (χ2v) is 8.86. The van der Waals surface area contributed by atoms with Gasteiger partial charge in [0.15, 0.2) is 12.7 Å². The molecule has 1 saturated carbocycles. The Kier molecular flexibility index (Phi) is 9.06. The average Bonchev–Trinajstić information content (AvgIpc) is 2.79. The fourth-order valence-electron chi connectivity index (χ4n) is 3.62. The number of amides is 2. The SMILES string of the molecule is CC(Oc1ccc(Cl)cc1)C(=O)NCC1CCC(NC(=O)COc2ccc(Cl)cc2)CC1. The molecule has 1 fully saturated rings. The lowest BCUT2D eigenvalue weighted by atomic mass is 9.86. The molecule has 3 rings (SSSR count). The lowest BCUT2D eigenvalue weighted by molar-refractivity contribution is -0.127. The van der Waals surface area contributed by atoms with E-state index < -0.39 is 6.10 Å². The van der Waals surface area contributed by atoms with Crippen LogP contribution in [0.5, 0.6) is 11.5 Å². The van der Waals surface area contributed by atoms with Crippen LogP contribution in [0.4, 0.5) is 0 Å². The van der Waals surface area contributed by atoms with E-state index in [1.807, 2.05) is 0 Å². The molecular weight excluding hydrogens is 451 g/mol. The predicted molar refractivity (Wildman–Crippen MR) is 125 cm³/mol. The van der Waals surface area contributed by atoms with Crippen LogP contribution >= 0.6 is 23.2 Å². The molecule has 2 amide bonds. The average molecular weight is 479 g/mol. The molecule has 0 aliphatic heterocycles. The normalized spacial score (nSPS) is 19.0. The van der Waals surface area contributed by atoms with Crippen molar-refractivity contribution >= 4 is 35.0 Å². The highest BCUT2D eigenvalue weighted by Crippen LogP contribution is 2.24. The van der Waals surface area contributed by atoms with Crippen molar-refractivity contribution in [1.82, 2.24) is 10.6 Å². The summed E-state index contributed by atoms with van der Waals surface area (Å²) in [5.74, 6) is 1.33. The fraction of sp³-hybridized carbons (Fsp3) is 0.417. The first-order chi connectivity index (χ1) is 15.4. The third-order valence-corrected chi connectivity index (χ3v) is 5.96. The Balaban J connectivity index is 1.31. The van der Waals surface area contributed by atoms with E-state index in [0.29, 0.717) is 34.0 Å². The van der Waals surface area contributed by atoms with Crippen LogP contribution in [-0.2, 0) is 9.59 Å². The summed E-state index contributed by atoms with van der Waals surface area (Å²) in [4.78, 5) is 24.5. The summed E-state index contributed by atoms with van der Waals surface area (Å²) in [7, 11) is 0. The zero-order chi connectivity index (χ0) is 22.9. The summed E-state index contributed by atoms with van der Waals surface area (Å²) in [5.41, 5.74) is 0. The monoisotopic (exact) mass is 478 g/mol. The van der Waals surface area contributed by atoms with Crippen LogP contribution in [0.15, 0.2) is 48.5 Å². The number of halogens is 2. The van der Waals surface area contributed by atoms with E-state index in [-0.39, 0.29) is 24.5 Å². The maximum Gasteiger partial charge on any atom is 0.260 e. The lowest BCUT2D eigenvalue weighted by Crippen LogP contribution is -2.43. The third-order valence-electron chi connectivity index (χ3n) is 5.46. The van der Waals surface area contributed by atoms with Gasteiger partial charge in [0.05, 0.1) is 0 Å². The van der Waals surface area contributed by atoms with E-state index in [1.165, 1.54) is 0 Å². The van der Waals surface area contributed by atoms with E-state index in [4.69, 9.17) is 32.7 Å². The van der Waals surface area contributed by atoms with Crippen LogP contribution in [0, 0.1) is 5.92 Å². The standard InChI is InChI=1S/C24H28Cl2N2O4/c1-16(32-22-12-6-19(26)7-13-22)24(30)27-14-17-2-8-20(9-3-17)28-23(29)15-31-21-10-4-18(25)5-11-21/h4-7,10-13,16-17,20H,2-3,8-9,14-15H2,1H3,(H,27,30)(H,28,29). The molecule has 2 aromatic carbocycles. The molecule has 0 heterocycles. The first-order valence-corrected chi connectivity index (χ1v) is 11.5. The molecule has 0 aromatic heterocycles. The van der Waals surface area contributed by atoms with Crippen molar-refractivity contribution in [3.8, 4) is 11.5 Å². The topological polar surface area (TPSA) is 76.7 Å². The van der Waals surface area contributed by atoms with Gasteiger partial charge in [0, 0.05) is 22.6 Å². The van der Waals surface area contributed by atoms with Gasteiger partial charge in [0.1, 0.15) is 11.5 Å². The highest BCUT2D eigenvalue weighted by atomic mass is 35.5. The molecule has 32 heavy (non-hydrogen) atoms. The third kappa shape index (κ3) is 7.92. The van der Waals surface area contributed by atoms with Gasteiger partial charge in [-0.1, -0.05) is 23.2 Å². The molecule has 1 aliphatic rings. The number of ether oxygens (including phenoxy) is 2. The molecule has 172 valence electrons. The van der Waals surface area contributed by atoms with E-state index in [1.54, 1.807) is 55.5 Å². The maximum atomic E-state index is 12.3. The van der Waals surface area contributed by atoms with Gasteiger partial charge in [-0.05, 0) is 87.1 Å². The van der Waals surface area contributed by atoms with Gasteiger partial charge >= 0.3 is 0 Å². The molecule has 2 aromatic rings. The maximum absolute atomic E-state index is 12.3. The first-order valence-electron chi connectivity index (χ1n) is 10.8. The van der Waals surface area contributed by atoms with Crippen molar-refractivity contribution in [2.45, 2.75) is 44.8 Å². The zero-order valence-corrected chi connectivity index (χ0v) is 19.5. The van der Waals surface area contributed by atoms with Crippen LogP contribution in [0.25, 0.3) is 0 Å². The molecule has 0 bridgehead atoms. The Morgan fingerprint density at radius 3 is 2.09 bits per heavy atom. The molecule has 2 N–H and O–H groups in total. The van der Waals surface area contributed by atoms with Crippen LogP contribution < -0.4 is 20.1 Å². The van der Waals surface area contributed by atoms with E-state index in [2.05, 4.69) is 10.6 Å². The minimum atomic E-state index is -0.590. The van der Waals surface area contributed by atoms with Gasteiger partial charge < -0.3 is 20.1 Å². The number of nitrogens with one attached hydrogen (secondary N) is 2. The number of hydrogen-bond donors (Lipinski definition) is 2. The zero-order valence-electron chi connectivity index (χ0n) is 18.0. The second-order valence-electron chi connectivity index (χ2n) is 7.99. The second kappa shape index (κ2) is 12.0. The van der Waals surface area contributed by atoms with E-state index in [9.17, 15) is 9.59 Å². The fourth-order valence-corrected chi connectivity index (χ4v) is 3.87. The Bertz CT molecular complexity index is 882. The highest BCUT2D eigenvalue weighted by Gasteiger charge is 2.24. The quantitative estimate of drug-likeness (QED) is 0.550. The molecule has 0 spiro atoms. The van der Waals surface area contributed by atoms with Crippen LogP contribution in [0.1, 0.15) is 32.6 Å². The summed E-state index contributed by atoms with van der Waals surface area (Å²) in [6, 6.07) is 14.0. The van der Waals surface area contributed by atoms with Crippen LogP contribution in [-0.4, -0.2) is 37.1 Å². The summed E-state index contributed by atoms with van der Waals surface area (Å²) >= 11 is 11.7. The van der Waals surface area contributed by atoms with Crippen LogP contribution in [0.2, 0.25) is 10.0 Å². The van der Waals surface area contributed by atoms with Crippen molar-refractivity contribution in [1.29, 1.82) is 0 Å². The molecule has 1 atom stereocenters. The van der Waals surface area contributed by atoms with Crippen LogP contribution in [0.3, 0.4) is 0 Å². The molecule has 6 nitrogen and oxygen atoms in total.